The molecule has 7 nitrogen and oxygen atoms in total. The maximum atomic E-state index is 13.1. The van der Waals surface area contributed by atoms with Gasteiger partial charge < -0.3 is 24.6 Å². The second-order valence-electron chi connectivity index (χ2n) is 10.1. The predicted octanol–water partition coefficient (Wildman–Crippen LogP) is 5.23. The Kier molecular flexibility index (Phi) is 6.50. The summed E-state index contributed by atoms with van der Waals surface area (Å²) in [4.78, 5) is 25.2. The number of aryl methyl sites for hydroxylation is 1. The Labute approximate surface area is 222 Å². The highest BCUT2D eigenvalue weighted by Gasteiger charge is 2.22. The third-order valence-corrected chi connectivity index (χ3v) is 7.51. The van der Waals surface area contributed by atoms with E-state index in [2.05, 4.69) is 57.3 Å². The number of phenolic OH excluding ortho intramolecular Hbond substituents is 1. The molecule has 3 heterocycles. The Bertz CT molecular complexity index is 1500. The number of phenols is 1. The molecule has 1 saturated heterocycles. The number of allylic oxidation sites excluding steroid dienone is 1. The zero-order chi connectivity index (χ0) is 26.1. The number of carbonyl (C=O) groups is 1. The number of aromatic amines is 1. The first-order chi connectivity index (χ1) is 18.5. The minimum Gasteiger partial charge on any atom is -0.508 e. The topological polar surface area (TPSA) is 81.7 Å². The zero-order valence-electron chi connectivity index (χ0n) is 21.6. The van der Waals surface area contributed by atoms with Crippen molar-refractivity contribution in [1.82, 2.24) is 14.9 Å². The van der Waals surface area contributed by atoms with Crippen LogP contribution in [0.15, 0.2) is 72.3 Å². The molecule has 0 unspecified atom stereocenters. The standard InChI is InChI=1S/C31H32N4O3/c1-21-32-28-10-4-24(20-29(28)33-21)23-5-11-30-25(19-23)3-2-22(12-17-38-30)18-31(37)35-15-13-34(14-16-35)26-6-8-27(36)9-7-26/h2,4-11,19-20,36H,3,12-18H2,1H3,(H,32,33)/b22-2+. The largest absolute Gasteiger partial charge is 0.508 e. The number of anilines is 1. The number of ether oxygens (including phenoxy) is 1. The van der Waals surface area contributed by atoms with Gasteiger partial charge in [-0.3, -0.25) is 4.79 Å². The molecule has 4 aromatic rings. The normalized spacial score (nSPS) is 17.2. The first-order valence-corrected chi connectivity index (χ1v) is 13.2. The van der Waals surface area contributed by atoms with Gasteiger partial charge in [-0.25, -0.2) is 4.98 Å². The van der Waals surface area contributed by atoms with Gasteiger partial charge >= 0.3 is 0 Å². The highest BCUT2D eigenvalue weighted by molar-refractivity contribution is 5.82. The van der Waals surface area contributed by atoms with Gasteiger partial charge in [-0.1, -0.05) is 23.8 Å². The number of aromatic hydroxyl groups is 1. The highest BCUT2D eigenvalue weighted by atomic mass is 16.5. The van der Waals surface area contributed by atoms with Crippen molar-refractivity contribution in [2.24, 2.45) is 0 Å². The molecule has 1 amide bonds. The summed E-state index contributed by atoms with van der Waals surface area (Å²) in [6, 6.07) is 19.9. The molecule has 0 bridgehead atoms. The van der Waals surface area contributed by atoms with Crippen LogP contribution in [0, 0.1) is 6.92 Å². The third kappa shape index (κ3) is 5.09. The van der Waals surface area contributed by atoms with Crippen LogP contribution in [0.5, 0.6) is 11.5 Å². The molecule has 1 aromatic heterocycles. The third-order valence-electron chi connectivity index (χ3n) is 7.51. The van der Waals surface area contributed by atoms with Crippen molar-refractivity contribution in [2.75, 3.05) is 37.7 Å². The van der Waals surface area contributed by atoms with E-state index in [9.17, 15) is 9.90 Å². The summed E-state index contributed by atoms with van der Waals surface area (Å²) in [5.74, 6) is 2.28. The summed E-state index contributed by atoms with van der Waals surface area (Å²) >= 11 is 0. The van der Waals surface area contributed by atoms with E-state index in [1.807, 2.05) is 24.0 Å². The average Bonchev–Trinajstić information content (AvgIpc) is 3.30. The van der Waals surface area contributed by atoms with Crippen molar-refractivity contribution in [3.63, 3.8) is 0 Å². The first kappa shape index (κ1) is 24.1. The van der Waals surface area contributed by atoms with Crippen LogP contribution in [0.25, 0.3) is 22.2 Å². The molecule has 2 N–H and O–H groups in total. The number of hydrogen-bond donors (Lipinski definition) is 2. The molecular formula is C31H32N4O3. The summed E-state index contributed by atoms with van der Waals surface area (Å²) in [7, 11) is 0. The van der Waals surface area contributed by atoms with Gasteiger partial charge in [0.15, 0.2) is 0 Å². The minimum atomic E-state index is 0.180. The van der Waals surface area contributed by atoms with E-state index in [1.165, 1.54) is 0 Å². The van der Waals surface area contributed by atoms with Crippen molar-refractivity contribution >= 4 is 22.6 Å². The zero-order valence-corrected chi connectivity index (χ0v) is 21.6. The van der Waals surface area contributed by atoms with Crippen molar-refractivity contribution in [2.45, 2.75) is 26.2 Å². The quantitative estimate of drug-likeness (QED) is 0.369. The molecule has 1 fully saturated rings. The van der Waals surface area contributed by atoms with E-state index in [0.29, 0.717) is 26.1 Å². The fourth-order valence-electron chi connectivity index (χ4n) is 5.37. The Morgan fingerprint density at radius 2 is 1.76 bits per heavy atom. The number of hydrogen-bond acceptors (Lipinski definition) is 5. The minimum absolute atomic E-state index is 0.180. The van der Waals surface area contributed by atoms with Gasteiger partial charge in [0.1, 0.15) is 17.3 Å². The number of imidazole rings is 1. The van der Waals surface area contributed by atoms with Crippen LogP contribution < -0.4 is 9.64 Å². The van der Waals surface area contributed by atoms with Gasteiger partial charge in [-0.2, -0.15) is 0 Å². The molecule has 0 radical (unpaired) electrons. The number of piperazine rings is 1. The molecule has 7 heteroatoms. The molecule has 0 atom stereocenters. The number of nitrogens with zero attached hydrogens (tertiary/aromatic N) is 3. The van der Waals surface area contributed by atoms with Gasteiger partial charge in [-0.05, 0) is 78.6 Å². The molecular weight excluding hydrogens is 476 g/mol. The second kappa shape index (κ2) is 10.2. The van der Waals surface area contributed by atoms with E-state index in [-0.39, 0.29) is 11.7 Å². The number of H-pyrrole nitrogens is 1. The Hall–Kier alpha value is -4.26. The lowest BCUT2D eigenvalue weighted by Gasteiger charge is -2.36. The van der Waals surface area contributed by atoms with E-state index in [1.54, 1.807) is 12.1 Å². The summed E-state index contributed by atoms with van der Waals surface area (Å²) in [5, 5.41) is 9.53. The van der Waals surface area contributed by atoms with Crippen LogP contribution in [0.4, 0.5) is 5.69 Å². The number of aromatic nitrogens is 2. The van der Waals surface area contributed by atoms with Gasteiger partial charge in [0.2, 0.25) is 5.91 Å². The molecule has 0 spiro atoms. The predicted molar refractivity (Wildman–Crippen MR) is 150 cm³/mol. The van der Waals surface area contributed by atoms with Crippen LogP contribution in [-0.4, -0.2) is 58.7 Å². The van der Waals surface area contributed by atoms with E-state index >= 15 is 0 Å². The molecule has 0 aliphatic carbocycles. The van der Waals surface area contributed by atoms with Gasteiger partial charge in [-0.15, -0.1) is 0 Å². The maximum absolute atomic E-state index is 13.1. The smallest absolute Gasteiger partial charge is 0.226 e. The lowest BCUT2D eigenvalue weighted by atomic mass is 9.97. The van der Waals surface area contributed by atoms with Crippen LogP contribution in [0.1, 0.15) is 24.2 Å². The van der Waals surface area contributed by atoms with E-state index in [0.717, 1.165) is 76.5 Å². The van der Waals surface area contributed by atoms with Crippen LogP contribution in [0.3, 0.4) is 0 Å². The highest BCUT2D eigenvalue weighted by Crippen LogP contribution is 2.31. The van der Waals surface area contributed by atoms with Crippen molar-refractivity contribution in [1.29, 1.82) is 0 Å². The summed E-state index contributed by atoms with van der Waals surface area (Å²) in [5.41, 5.74) is 7.63. The summed E-state index contributed by atoms with van der Waals surface area (Å²) < 4.78 is 6.12. The summed E-state index contributed by atoms with van der Waals surface area (Å²) in [6.45, 7) is 5.53. The molecule has 3 aromatic carbocycles. The van der Waals surface area contributed by atoms with Crippen molar-refractivity contribution in [3.8, 4) is 22.6 Å². The lowest BCUT2D eigenvalue weighted by molar-refractivity contribution is -0.130. The first-order valence-electron chi connectivity index (χ1n) is 13.2. The van der Waals surface area contributed by atoms with Crippen LogP contribution >= 0.6 is 0 Å². The van der Waals surface area contributed by atoms with Gasteiger partial charge in [0.05, 0.1) is 17.6 Å². The van der Waals surface area contributed by atoms with Crippen LogP contribution in [-0.2, 0) is 11.2 Å². The number of nitrogens with one attached hydrogen (secondary N) is 1. The molecule has 6 rings (SSSR count). The van der Waals surface area contributed by atoms with Crippen molar-refractivity contribution in [3.05, 3.63) is 83.7 Å². The van der Waals surface area contributed by atoms with Gasteiger partial charge in [0, 0.05) is 44.7 Å². The van der Waals surface area contributed by atoms with E-state index in [4.69, 9.17) is 4.74 Å². The molecule has 0 saturated carbocycles. The number of amides is 1. The monoisotopic (exact) mass is 508 g/mol. The van der Waals surface area contributed by atoms with E-state index < -0.39 is 0 Å². The number of benzene rings is 3. The fourth-order valence-corrected chi connectivity index (χ4v) is 5.37. The number of carbonyl (C=O) groups excluding carboxylic acids is 1. The SMILES string of the molecule is Cc1nc2ccc(-c3ccc4c(c3)C/C=C(/CC(=O)N3CCN(c5ccc(O)cc5)CC3)CCO4)cc2[nH]1. The lowest BCUT2D eigenvalue weighted by Crippen LogP contribution is -2.48. The Morgan fingerprint density at radius 1 is 1.00 bits per heavy atom. The molecule has 194 valence electrons. The fraction of sp³-hybridized carbons (Fsp3) is 0.290. The molecule has 2 aliphatic heterocycles. The Balaban J connectivity index is 1.11. The van der Waals surface area contributed by atoms with Crippen molar-refractivity contribution < 1.29 is 14.6 Å². The average molecular weight is 509 g/mol. The molecule has 38 heavy (non-hydrogen) atoms. The molecule has 2 aliphatic rings. The summed E-state index contributed by atoms with van der Waals surface area (Å²) in [6.07, 6.45) is 4.16. The second-order valence-corrected chi connectivity index (χ2v) is 10.1. The Morgan fingerprint density at radius 3 is 2.58 bits per heavy atom. The number of fused-ring (bicyclic) bond motifs is 2. The van der Waals surface area contributed by atoms with Crippen LogP contribution in [0.2, 0.25) is 0 Å². The van der Waals surface area contributed by atoms with Gasteiger partial charge in [0.25, 0.3) is 0 Å². The maximum Gasteiger partial charge on any atom is 0.226 e. The number of rotatable bonds is 4.